The summed E-state index contributed by atoms with van der Waals surface area (Å²) in [5.74, 6) is -1.19. The number of amides is 3. The largest absolute Gasteiger partial charge is 0.399 e. The molecule has 0 bridgehead atoms. The molecule has 9 heteroatoms. The van der Waals surface area contributed by atoms with Gasteiger partial charge in [-0.25, -0.2) is 0 Å². The van der Waals surface area contributed by atoms with Crippen LogP contribution in [0.15, 0.2) is 24.3 Å². The molecule has 0 saturated heterocycles. The quantitative estimate of drug-likeness (QED) is 0.247. The topological polar surface area (TPSA) is 146 Å². The second kappa shape index (κ2) is 14.4. The molecule has 0 aliphatic carbocycles. The van der Waals surface area contributed by atoms with Gasteiger partial charge < -0.3 is 31.6 Å². The van der Waals surface area contributed by atoms with E-state index in [-0.39, 0.29) is 12.5 Å². The van der Waals surface area contributed by atoms with Crippen molar-refractivity contribution in [2.75, 3.05) is 38.7 Å². The number of carbonyl (C=O) groups is 3. The van der Waals surface area contributed by atoms with Crippen LogP contribution >= 0.6 is 0 Å². The summed E-state index contributed by atoms with van der Waals surface area (Å²) in [6.07, 6.45) is 2.57. The molecule has 0 aliphatic heterocycles. The van der Waals surface area contributed by atoms with E-state index in [1.54, 1.807) is 24.3 Å². The van der Waals surface area contributed by atoms with E-state index < -0.39 is 17.9 Å². The number of carbonyl (C=O) groups excluding carboxylic acids is 3. The van der Waals surface area contributed by atoms with Crippen molar-refractivity contribution in [2.24, 2.45) is 5.73 Å². The van der Waals surface area contributed by atoms with Gasteiger partial charge in [-0.2, -0.15) is 0 Å². The molecular formula is C20H32N4O5. The van der Waals surface area contributed by atoms with Crippen LogP contribution in [-0.4, -0.2) is 56.7 Å². The maximum atomic E-state index is 12.0. The highest BCUT2D eigenvalue weighted by atomic mass is 16.5. The molecule has 1 unspecified atom stereocenters. The number of hydrogen-bond donors (Lipinski definition) is 4. The van der Waals surface area contributed by atoms with Gasteiger partial charge in [0.05, 0.1) is 13.2 Å². The number of nitrogen functional groups attached to an aromatic ring is 1. The number of ether oxygens (including phenoxy) is 2. The maximum Gasteiger partial charge on any atom is 0.251 e. The number of nitrogens with two attached hydrogens (primary N) is 2. The minimum Gasteiger partial charge on any atom is -0.399 e. The van der Waals surface area contributed by atoms with Crippen LogP contribution in [0.1, 0.15) is 43.0 Å². The van der Waals surface area contributed by atoms with Crippen LogP contribution in [0.4, 0.5) is 5.69 Å². The van der Waals surface area contributed by atoms with E-state index in [1.165, 1.54) is 0 Å². The average Bonchev–Trinajstić information content (AvgIpc) is 2.69. The lowest BCUT2D eigenvalue weighted by Gasteiger charge is -2.15. The molecule has 0 heterocycles. The molecule has 1 aromatic carbocycles. The fraction of sp³-hybridized carbons (Fsp3) is 0.550. The van der Waals surface area contributed by atoms with Crippen molar-refractivity contribution in [3.05, 3.63) is 29.8 Å². The third-order valence-corrected chi connectivity index (χ3v) is 4.01. The lowest BCUT2D eigenvalue weighted by atomic mass is 10.1. The molecule has 0 aliphatic rings. The molecule has 0 spiro atoms. The first kappa shape index (κ1) is 24.4. The minimum absolute atomic E-state index is 0.156. The highest BCUT2D eigenvalue weighted by molar-refractivity contribution is 5.94. The van der Waals surface area contributed by atoms with Gasteiger partial charge in [0.15, 0.2) is 0 Å². The van der Waals surface area contributed by atoms with Gasteiger partial charge >= 0.3 is 0 Å². The van der Waals surface area contributed by atoms with Crippen LogP contribution in [0, 0.1) is 0 Å². The standard InChI is InChI=1S/C20H32N4O5/c1-2-11-28-12-13-29-14-18(25)24-17(19(22)26)5-3-4-10-23-20(27)15-6-8-16(21)9-7-15/h6-9,17H,2-5,10-14,21H2,1H3,(H2,22,26)(H,23,27)(H,24,25). The Kier molecular flexibility index (Phi) is 12.1. The SMILES string of the molecule is CCCOCCOCC(=O)NC(CCCCNC(=O)c1ccc(N)cc1)C(N)=O. The zero-order valence-electron chi connectivity index (χ0n) is 16.9. The van der Waals surface area contributed by atoms with E-state index >= 15 is 0 Å². The predicted molar refractivity (Wildman–Crippen MR) is 110 cm³/mol. The van der Waals surface area contributed by atoms with Crippen molar-refractivity contribution in [1.29, 1.82) is 0 Å². The fourth-order valence-electron chi connectivity index (χ4n) is 2.46. The summed E-state index contributed by atoms with van der Waals surface area (Å²) in [6.45, 7) is 3.68. The summed E-state index contributed by atoms with van der Waals surface area (Å²) < 4.78 is 10.4. The number of unbranched alkanes of at least 4 members (excludes halogenated alkanes) is 1. The van der Waals surface area contributed by atoms with E-state index in [0.29, 0.717) is 56.9 Å². The second-order valence-corrected chi connectivity index (χ2v) is 6.56. The molecular weight excluding hydrogens is 376 g/mol. The van der Waals surface area contributed by atoms with Gasteiger partial charge in [-0.3, -0.25) is 14.4 Å². The molecule has 29 heavy (non-hydrogen) atoms. The Labute approximate surface area is 171 Å². The zero-order chi connectivity index (χ0) is 21.5. The van der Waals surface area contributed by atoms with Crippen molar-refractivity contribution in [1.82, 2.24) is 10.6 Å². The van der Waals surface area contributed by atoms with Crippen LogP contribution in [-0.2, 0) is 19.1 Å². The van der Waals surface area contributed by atoms with Crippen molar-refractivity contribution < 1.29 is 23.9 Å². The number of anilines is 1. The first-order valence-electron chi connectivity index (χ1n) is 9.82. The maximum absolute atomic E-state index is 12.0. The average molecular weight is 408 g/mol. The van der Waals surface area contributed by atoms with E-state index in [2.05, 4.69) is 10.6 Å². The Hall–Kier alpha value is -2.65. The molecule has 0 radical (unpaired) electrons. The molecule has 1 rings (SSSR count). The smallest absolute Gasteiger partial charge is 0.251 e. The molecule has 0 aromatic heterocycles. The van der Waals surface area contributed by atoms with E-state index in [0.717, 1.165) is 6.42 Å². The van der Waals surface area contributed by atoms with Crippen LogP contribution in [0.25, 0.3) is 0 Å². The van der Waals surface area contributed by atoms with Gasteiger partial charge in [0.2, 0.25) is 11.8 Å². The molecule has 1 aromatic rings. The number of nitrogens with one attached hydrogen (secondary N) is 2. The van der Waals surface area contributed by atoms with Crippen molar-refractivity contribution in [2.45, 2.75) is 38.6 Å². The molecule has 1 atom stereocenters. The summed E-state index contributed by atoms with van der Waals surface area (Å²) >= 11 is 0. The number of benzene rings is 1. The summed E-state index contributed by atoms with van der Waals surface area (Å²) in [5.41, 5.74) is 12.1. The minimum atomic E-state index is -0.768. The van der Waals surface area contributed by atoms with E-state index in [9.17, 15) is 14.4 Å². The van der Waals surface area contributed by atoms with Crippen LogP contribution < -0.4 is 22.1 Å². The van der Waals surface area contributed by atoms with Crippen molar-refractivity contribution in [3.8, 4) is 0 Å². The monoisotopic (exact) mass is 408 g/mol. The molecule has 0 fully saturated rings. The van der Waals surface area contributed by atoms with E-state index in [4.69, 9.17) is 20.9 Å². The highest BCUT2D eigenvalue weighted by Crippen LogP contribution is 2.05. The van der Waals surface area contributed by atoms with Crippen LogP contribution in [0.3, 0.4) is 0 Å². The van der Waals surface area contributed by atoms with E-state index in [1.807, 2.05) is 6.92 Å². The van der Waals surface area contributed by atoms with Crippen molar-refractivity contribution >= 4 is 23.4 Å². The number of rotatable bonds is 15. The number of hydrogen-bond acceptors (Lipinski definition) is 6. The van der Waals surface area contributed by atoms with Crippen LogP contribution in [0.2, 0.25) is 0 Å². The van der Waals surface area contributed by atoms with Gasteiger partial charge in [-0.1, -0.05) is 6.92 Å². The lowest BCUT2D eigenvalue weighted by molar-refractivity contribution is -0.130. The molecule has 162 valence electrons. The Morgan fingerprint density at radius 3 is 2.38 bits per heavy atom. The lowest BCUT2D eigenvalue weighted by Crippen LogP contribution is -2.45. The zero-order valence-corrected chi connectivity index (χ0v) is 16.9. The summed E-state index contributed by atoms with van der Waals surface area (Å²) in [5, 5.41) is 5.37. The van der Waals surface area contributed by atoms with Gasteiger partial charge in [-0.05, 0) is 49.9 Å². The summed E-state index contributed by atoms with van der Waals surface area (Å²) in [7, 11) is 0. The van der Waals surface area contributed by atoms with Gasteiger partial charge in [0, 0.05) is 24.4 Å². The molecule has 3 amide bonds. The Bertz CT molecular complexity index is 636. The van der Waals surface area contributed by atoms with Gasteiger partial charge in [0.1, 0.15) is 12.6 Å². The Morgan fingerprint density at radius 2 is 1.72 bits per heavy atom. The Balaban J connectivity index is 2.20. The van der Waals surface area contributed by atoms with Crippen molar-refractivity contribution in [3.63, 3.8) is 0 Å². The fourth-order valence-corrected chi connectivity index (χ4v) is 2.46. The highest BCUT2D eigenvalue weighted by Gasteiger charge is 2.17. The third kappa shape index (κ3) is 11.1. The third-order valence-electron chi connectivity index (χ3n) is 4.01. The first-order valence-corrected chi connectivity index (χ1v) is 9.82. The van der Waals surface area contributed by atoms with Gasteiger partial charge in [-0.15, -0.1) is 0 Å². The predicted octanol–water partition coefficient (Wildman–Crippen LogP) is 0.582. The normalized spacial score (nSPS) is 11.6. The molecule has 6 N–H and O–H groups in total. The second-order valence-electron chi connectivity index (χ2n) is 6.56. The first-order chi connectivity index (χ1) is 13.9. The summed E-state index contributed by atoms with van der Waals surface area (Å²) in [6, 6.07) is 5.87. The Morgan fingerprint density at radius 1 is 1.03 bits per heavy atom. The van der Waals surface area contributed by atoms with Crippen LogP contribution in [0.5, 0.6) is 0 Å². The molecule has 0 saturated carbocycles. The van der Waals surface area contributed by atoms with Gasteiger partial charge in [0.25, 0.3) is 5.91 Å². The number of primary amides is 1. The summed E-state index contributed by atoms with van der Waals surface area (Å²) in [4.78, 5) is 35.4. The molecule has 9 nitrogen and oxygen atoms in total.